The van der Waals surface area contributed by atoms with Crippen LogP contribution >= 0.6 is 0 Å². The highest BCUT2D eigenvalue weighted by atomic mass is 16.7. The number of aromatic hydroxyl groups is 2. The first-order valence-corrected chi connectivity index (χ1v) is 18.6. The van der Waals surface area contributed by atoms with Gasteiger partial charge in [0.05, 0.1) is 35.8 Å². The molecule has 2 aromatic rings. The quantitative estimate of drug-likeness (QED) is 0.229. The van der Waals surface area contributed by atoms with E-state index in [1.54, 1.807) is 32.9 Å². The molecule has 1 unspecified atom stereocenters. The van der Waals surface area contributed by atoms with Crippen LogP contribution < -0.4 is 14.8 Å². The van der Waals surface area contributed by atoms with E-state index in [1.165, 1.54) is 71.4 Å². The Morgan fingerprint density at radius 1 is 1.02 bits per heavy atom. The number of carbonyl (C=O) groups excluding carboxylic acids is 3. The van der Waals surface area contributed by atoms with Crippen LogP contribution in [-0.4, -0.2) is 86.2 Å². The fraction of sp³-hybridized carbons (Fsp3) is 0.429. The maximum Gasteiger partial charge on any atom is 0.312 e. The summed E-state index contributed by atoms with van der Waals surface area (Å²) in [6, 6.07) is 4.18. The molecule has 6 N–H and O–H groups in total. The Bertz CT molecular complexity index is 2150. The highest BCUT2D eigenvalue weighted by Gasteiger charge is 2.53. The van der Waals surface area contributed by atoms with E-state index in [1.807, 2.05) is 0 Å². The van der Waals surface area contributed by atoms with Crippen molar-refractivity contribution in [1.82, 2.24) is 5.32 Å². The number of hydrogen-bond acceptors (Lipinski definition) is 14. The first-order chi connectivity index (χ1) is 26.9. The summed E-state index contributed by atoms with van der Waals surface area (Å²) < 4.78 is 29.8. The molecular formula is C42H48N2O13. The lowest BCUT2D eigenvalue weighted by Crippen LogP contribution is -2.43. The van der Waals surface area contributed by atoms with Crippen LogP contribution in [0, 0.1) is 24.7 Å². The van der Waals surface area contributed by atoms with E-state index in [-0.39, 0.29) is 74.4 Å². The Morgan fingerprint density at radius 3 is 2.42 bits per heavy atom. The molecule has 5 bridgehead atoms. The van der Waals surface area contributed by atoms with Gasteiger partial charge in [-0.25, -0.2) is 4.99 Å². The molecule has 0 fully saturated rings. The first kappa shape index (κ1) is 41.2. The van der Waals surface area contributed by atoms with E-state index in [0.29, 0.717) is 0 Å². The van der Waals surface area contributed by atoms with Crippen molar-refractivity contribution in [2.75, 3.05) is 7.11 Å². The molecule has 4 aliphatic rings. The third-order valence-electron chi connectivity index (χ3n) is 11.0. The summed E-state index contributed by atoms with van der Waals surface area (Å²) in [4.78, 5) is 45.2. The number of aliphatic hydroxyl groups excluding tert-OH is 3. The monoisotopic (exact) mass is 788 g/mol. The standard InChI is InChI=1S/C42H48N2O13/c1-18-10-9-11-19(2)41(52)44-34-36(50)31-30(33-39(34)56-29-16-24(46)12-13-25(29)43-33)32-38(22(5)35(31)49)57-42(7,40(32)51)54-15-14-28(53-8)21(4)37(55-23(6)45)20(3)27(48)17-26(18)47/h9-16,18,20-21,26-28,36-37,46-50H,17H2,1-8H3,(H,44,52)/b10-9+,15-14+,19-11-/t18-,20+,21+,26+,27+,28-,36?,37-,42-/m0/s1. The van der Waals surface area contributed by atoms with Gasteiger partial charge in [-0.3, -0.25) is 14.4 Å². The van der Waals surface area contributed by atoms with Crippen LogP contribution in [0.4, 0.5) is 5.69 Å². The number of hydrogen-bond donors (Lipinski definition) is 6. The minimum atomic E-state index is -2.01. The Hall–Kier alpha value is -5.48. The number of aliphatic imine (C=N–C) groups is 1. The van der Waals surface area contributed by atoms with Crippen LogP contribution in [0.15, 0.2) is 70.8 Å². The normalized spacial score (nSPS) is 32.3. The number of rotatable bonds is 2. The number of carbonyl (C=O) groups is 3. The lowest BCUT2D eigenvalue weighted by Gasteiger charge is -2.35. The van der Waals surface area contributed by atoms with E-state index in [2.05, 4.69) is 5.32 Å². The molecule has 6 rings (SSSR count). The molecule has 304 valence electrons. The van der Waals surface area contributed by atoms with Crippen LogP contribution in [0.1, 0.15) is 81.1 Å². The van der Waals surface area contributed by atoms with Gasteiger partial charge in [-0.2, -0.15) is 0 Å². The van der Waals surface area contributed by atoms with Crippen LogP contribution in [0.3, 0.4) is 0 Å². The lowest BCUT2D eigenvalue weighted by molar-refractivity contribution is -0.158. The number of ketones is 1. The summed E-state index contributed by atoms with van der Waals surface area (Å²) in [7, 11) is 1.44. The number of phenols is 2. The predicted molar refractivity (Wildman–Crippen MR) is 205 cm³/mol. The van der Waals surface area contributed by atoms with Crippen molar-refractivity contribution in [2.24, 2.45) is 22.7 Å². The smallest absolute Gasteiger partial charge is 0.312 e. The second kappa shape index (κ2) is 15.8. The van der Waals surface area contributed by atoms with E-state index in [4.69, 9.17) is 28.7 Å². The third kappa shape index (κ3) is 7.55. The number of nitrogens with one attached hydrogen (secondary N) is 1. The number of fused-ring (bicyclic) bond motifs is 4. The summed E-state index contributed by atoms with van der Waals surface area (Å²) in [6.45, 7) is 10.9. The number of aliphatic hydroxyl groups is 3. The number of esters is 1. The van der Waals surface area contributed by atoms with Crippen molar-refractivity contribution in [3.05, 3.63) is 88.0 Å². The maximum absolute atomic E-state index is 14.5. The number of ether oxygens (including phenoxy) is 5. The minimum absolute atomic E-state index is 0.00743. The second-order valence-electron chi connectivity index (χ2n) is 15.1. The van der Waals surface area contributed by atoms with Gasteiger partial charge in [-0.05, 0) is 32.1 Å². The summed E-state index contributed by atoms with van der Waals surface area (Å²) in [6.07, 6.45) is 1.85. The van der Waals surface area contributed by atoms with Crippen LogP contribution in [0.5, 0.6) is 23.0 Å². The molecule has 57 heavy (non-hydrogen) atoms. The number of methoxy groups -OCH3 is 1. The van der Waals surface area contributed by atoms with Gasteiger partial charge >= 0.3 is 11.8 Å². The molecule has 1 amide bonds. The highest BCUT2D eigenvalue weighted by molar-refractivity contribution is 6.24. The van der Waals surface area contributed by atoms with Crippen molar-refractivity contribution < 1.29 is 63.6 Å². The number of nitrogens with zero attached hydrogens (tertiary/aromatic N) is 1. The largest absolute Gasteiger partial charge is 0.508 e. The fourth-order valence-electron chi connectivity index (χ4n) is 7.50. The summed E-state index contributed by atoms with van der Waals surface area (Å²) in [5.41, 5.74) is 0.134. The van der Waals surface area contributed by atoms with Gasteiger partial charge in [0, 0.05) is 73.5 Å². The Balaban J connectivity index is 1.52. The molecular weight excluding hydrogens is 740 g/mol. The van der Waals surface area contributed by atoms with E-state index < -0.39 is 77.5 Å². The molecule has 3 aliphatic heterocycles. The molecule has 15 heteroatoms. The number of benzene rings is 2. The molecule has 0 saturated carbocycles. The van der Waals surface area contributed by atoms with Crippen LogP contribution in [0.2, 0.25) is 0 Å². The van der Waals surface area contributed by atoms with Crippen molar-refractivity contribution in [2.45, 2.75) is 91.2 Å². The van der Waals surface area contributed by atoms with Gasteiger partial charge in [0.2, 0.25) is 0 Å². The van der Waals surface area contributed by atoms with Crippen LogP contribution in [-0.2, 0) is 23.8 Å². The van der Waals surface area contributed by atoms with Crippen molar-refractivity contribution >= 4 is 29.1 Å². The van der Waals surface area contributed by atoms with E-state index in [0.717, 1.165) is 0 Å². The molecule has 3 heterocycles. The van der Waals surface area contributed by atoms with Crippen molar-refractivity contribution in [1.29, 1.82) is 0 Å². The topological polar surface area (TPSA) is 223 Å². The summed E-state index contributed by atoms with van der Waals surface area (Å²) >= 11 is 0. The SMILES string of the molecule is CO[C@H]1/C=C/O[C@@]2(C)Oc3c(C)c(O)c4c(c3C2=O)C2=Nc3ccc(O)cc3OC2=C(NC(=O)/C(C)=C\C=C\[C@H](C)[C@H](O)C[C@@H](O)[C@@H](C)[C@H](OC(C)=O)[C@@H]1C)C4O. The van der Waals surface area contributed by atoms with E-state index >= 15 is 0 Å². The number of amides is 1. The lowest BCUT2D eigenvalue weighted by atomic mass is 9.81. The molecule has 0 saturated heterocycles. The van der Waals surface area contributed by atoms with Gasteiger partial charge in [0.1, 0.15) is 40.9 Å². The first-order valence-electron chi connectivity index (χ1n) is 18.6. The van der Waals surface area contributed by atoms with Gasteiger partial charge in [-0.1, -0.05) is 39.0 Å². The Kier molecular flexibility index (Phi) is 11.4. The molecule has 2 aromatic carbocycles. The molecule has 1 aliphatic carbocycles. The van der Waals surface area contributed by atoms with E-state index in [9.17, 15) is 39.9 Å². The average molecular weight is 789 g/mol. The molecule has 15 nitrogen and oxygen atoms in total. The highest BCUT2D eigenvalue weighted by Crippen LogP contribution is 2.53. The predicted octanol–water partition coefficient (Wildman–Crippen LogP) is 4.60. The van der Waals surface area contributed by atoms with Crippen LogP contribution in [0.25, 0.3) is 0 Å². The van der Waals surface area contributed by atoms with Crippen molar-refractivity contribution in [3.63, 3.8) is 0 Å². The van der Waals surface area contributed by atoms with Gasteiger partial charge in [0.15, 0.2) is 11.5 Å². The second-order valence-corrected chi connectivity index (χ2v) is 15.1. The zero-order valence-electron chi connectivity index (χ0n) is 32.9. The molecule has 0 radical (unpaired) electrons. The molecule has 0 spiro atoms. The zero-order valence-corrected chi connectivity index (χ0v) is 32.9. The number of phenolic OH excluding ortho intramolecular Hbond substituents is 2. The number of allylic oxidation sites excluding steroid dienone is 3. The summed E-state index contributed by atoms with van der Waals surface area (Å²) in [5, 5.41) is 58.9. The number of Topliss-reactive ketones (excluding diaryl/α,β-unsaturated/α-hetero) is 1. The van der Waals surface area contributed by atoms with Gasteiger partial charge in [-0.15, -0.1) is 0 Å². The molecule has 0 aromatic heterocycles. The third-order valence-corrected chi connectivity index (χ3v) is 11.0. The average Bonchev–Trinajstić information content (AvgIpc) is 3.43. The van der Waals surface area contributed by atoms with Gasteiger partial charge in [0.25, 0.3) is 11.7 Å². The molecule has 9 atom stereocenters. The Labute approximate surface area is 329 Å². The Morgan fingerprint density at radius 2 is 1.74 bits per heavy atom. The van der Waals surface area contributed by atoms with Crippen molar-refractivity contribution in [3.8, 4) is 23.0 Å². The van der Waals surface area contributed by atoms with Gasteiger partial charge < -0.3 is 54.5 Å². The minimum Gasteiger partial charge on any atom is -0.508 e. The fourth-order valence-corrected chi connectivity index (χ4v) is 7.50. The summed E-state index contributed by atoms with van der Waals surface area (Å²) in [5.74, 6) is -6.31. The zero-order chi connectivity index (χ0) is 41.7. The maximum atomic E-state index is 14.5.